The Kier molecular flexibility index (Phi) is 6.92. The van der Waals surface area contributed by atoms with Crippen LogP contribution in [0.5, 0.6) is 0 Å². The Labute approximate surface area is 185 Å². The van der Waals surface area contributed by atoms with Gasteiger partial charge in [0, 0.05) is 17.8 Å². The lowest BCUT2D eigenvalue weighted by Crippen LogP contribution is -2.25. The fraction of sp³-hybridized carbons (Fsp3) is 0.0952. The quantitative estimate of drug-likeness (QED) is 0.457. The standard InChI is InChI=1S/C21H20FN3O5S2/c22-17-5-11-20(12-6-17)32(29,30)25-18-7-3-16(4-8-18)21(26)24-14-13-15-1-9-19(10-2-15)31(23,27)28/h1-12,25H,13-14H2,(H,24,26)(H2,23,27,28). The van der Waals surface area contributed by atoms with Gasteiger partial charge < -0.3 is 5.32 Å². The van der Waals surface area contributed by atoms with Crippen LogP contribution in [-0.2, 0) is 26.5 Å². The molecule has 0 saturated heterocycles. The molecule has 168 valence electrons. The van der Waals surface area contributed by atoms with E-state index in [-0.39, 0.29) is 21.4 Å². The van der Waals surface area contributed by atoms with Crippen molar-refractivity contribution in [1.82, 2.24) is 5.32 Å². The van der Waals surface area contributed by atoms with Crippen molar-refractivity contribution in [2.75, 3.05) is 11.3 Å². The van der Waals surface area contributed by atoms with Crippen molar-refractivity contribution in [3.05, 3.63) is 89.7 Å². The highest BCUT2D eigenvalue weighted by atomic mass is 32.2. The fourth-order valence-corrected chi connectivity index (χ4v) is 4.36. The summed E-state index contributed by atoms with van der Waals surface area (Å²) in [4.78, 5) is 12.2. The van der Waals surface area contributed by atoms with Gasteiger partial charge in [-0.15, -0.1) is 0 Å². The number of nitrogens with one attached hydrogen (secondary N) is 2. The molecule has 8 nitrogen and oxygen atoms in total. The van der Waals surface area contributed by atoms with Crippen LogP contribution in [0.15, 0.2) is 82.6 Å². The molecular formula is C21H20FN3O5S2. The lowest BCUT2D eigenvalue weighted by Gasteiger charge is -2.09. The number of hydrogen-bond donors (Lipinski definition) is 3. The number of carbonyl (C=O) groups is 1. The highest BCUT2D eigenvalue weighted by Gasteiger charge is 2.14. The smallest absolute Gasteiger partial charge is 0.261 e. The summed E-state index contributed by atoms with van der Waals surface area (Å²) in [6.07, 6.45) is 0.478. The summed E-state index contributed by atoms with van der Waals surface area (Å²) in [7, 11) is -7.63. The molecule has 0 heterocycles. The molecule has 4 N–H and O–H groups in total. The summed E-state index contributed by atoms with van der Waals surface area (Å²) >= 11 is 0. The van der Waals surface area contributed by atoms with Gasteiger partial charge in [-0.3, -0.25) is 9.52 Å². The average molecular weight is 478 g/mol. The first-order valence-electron chi connectivity index (χ1n) is 9.33. The van der Waals surface area contributed by atoms with Gasteiger partial charge in [-0.1, -0.05) is 12.1 Å². The van der Waals surface area contributed by atoms with Crippen molar-refractivity contribution in [2.45, 2.75) is 16.2 Å². The van der Waals surface area contributed by atoms with Gasteiger partial charge in [0.05, 0.1) is 9.79 Å². The van der Waals surface area contributed by atoms with Crippen molar-refractivity contribution in [3.8, 4) is 0 Å². The molecule has 0 saturated carbocycles. The van der Waals surface area contributed by atoms with Crippen LogP contribution in [0.4, 0.5) is 10.1 Å². The van der Waals surface area contributed by atoms with E-state index in [0.29, 0.717) is 18.5 Å². The first-order chi connectivity index (χ1) is 15.0. The molecule has 1 amide bonds. The maximum Gasteiger partial charge on any atom is 0.261 e. The van der Waals surface area contributed by atoms with Crippen molar-refractivity contribution in [1.29, 1.82) is 0 Å². The van der Waals surface area contributed by atoms with Gasteiger partial charge in [-0.2, -0.15) is 0 Å². The molecule has 0 fully saturated rings. The first kappa shape index (κ1) is 23.4. The lowest BCUT2D eigenvalue weighted by atomic mass is 10.1. The summed E-state index contributed by atoms with van der Waals surface area (Å²) in [6.45, 7) is 0.312. The molecule has 0 bridgehead atoms. The molecule has 3 rings (SSSR count). The minimum atomic E-state index is -3.88. The van der Waals surface area contributed by atoms with Crippen molar-refractivity contribution in [3.63, 3.8) is 0 Å². The van der Waals surface area contributed by atoms with Crippen LogP contribution < -0.4 is 15.2 Å². The zero-order valence-corrected chi connectivity index (χ0v) is 18.3. The van der Waals surface area contributed by atoms with E-state index < -0.39 is 25.9 Å². The predicted molar refractivity (Wildman–Crippen MR) is 118 cm³/mol. The van der Waals surface area contributed by atoms with E-state index in [0.717, 1.165) is 29.8 Å². The Balaban J connectivity index is 1.55. The third-order valence-electron chi connectivity index (χ3n) is 4.47. The number of hydrogen-bond acceptors (Lipinski definition) is 5. The molecule has 0 spiro atoms. The number of anilines is 1. The van der Waals surface area contributed by atoms with E-state index in [1.54, 1.807) is 12.1 Å². The highest BCUT2D eigenvalue weighted by Crippen LogP contribution is 2.17. The van der Waals surface area contributed by atoms with Crippen LogP contribution in [0.2, 0.25) is 0 Å². The van der Waals surface area contributed by atoms with E-state index in [9.17, 15) is 26.0 Å². The molecule has 0 radical (unpaired) electrons. The monoisotopic (exact) mass is 477 g/mol. The van der Waals surface area contributed by atoms with Gasteiger partial charge in [0.25, 0.3) is 15.9 Å². The second kappa shape index (κ2) is 9.47. The minimum Gasteiger partial charge on any atom is -0.352 e. The van der Waals surface area contributed by atoms with Crippen molar-refractivity contribution >= 4 is 31.6 Å². The van der Waals surface area contributed by atoms with Crippen LogP contribution in [-0.4, -0.2) is 29.3 Å². The SMILES string of the molecule is NS(=O)(=O)c1ccc(CCNC(=O)c2ccc(NS(=O)(=O)c3ccc(F)cc3)cc2)cc1. The molecule has 3 aromatic rings. The third-order valence-corrected chi connectivity index (χ3v) is 6.80. The molecule has 0 aliphatic carbocycles. The molecule has 0 aromatic heterocycles. The number of carbonyl (C=O) groups excluding carboxylic acids is 1. The highest BCUT2D eigenvalue weighted by molar-refractivity contribution is 7.92. The van der Waals surface area contributed by atoms with Crippen molar-refractivity contribution in [2.24, 2.45) is 5.14 Å². The number of rotatable bonds is 8. The molecule has 32 heavy (non-hydrogen) atoms. The van der Waals surface area contributed by atoms with Gasteiger partial charge in [0.1, 0.15) is 5.82 Å². The third kappa shape index (κ3) is 6.13. The molecule has 0 unspecified atom stereocenters. The molecule has 3 aromatic carbocycles. The molecule has 0 aliphatic rings. The van der Waals surface area contributed by atoms with Crippen LogP contribution in [0, 0.1) is 5.82 Å². The van der Waals surface area contributed by atoms with Crippen LogP contribution >= 0.6 is 0 Å². The zero-order valence-electron chi connectivity index (χ0n) is 16.7. The second-order valence-corrected chi connectivity index (χ2v) is 10.1. The van der Waals surface area contributed by atoms with E-state index in [1.165, 1.54) is 36.4 Å². The van der Waals surface area contributed by atoms with Gasteiger partial charge in [0.2, 0.25) is 10.0 Å². The van der Waals surface area contributed by atoms with Gasteiger partial charge in [0.15, 0.2) is 0 Å². The Morgan fingerprint density at radius 1 is 0.812 bits per heavy atom. The predicted octanol–water partition coefficient (Wildman–Crippen LogP) is 2.25. The minimum absolute atomic E-state index is 0.0143. The number of amides is 1. The normalized spacial score (nSPS) is 11.7. The molecule has 11 heteroatoms. The maximum atomic E-state index is 13.0. The zero-order chi connectivity index (χ0) is 23.4. The first-order valence-corrected chi connectivity index (χ1v) is 12.4. The number of halogens is 1. The van der Waals surface area contributed by atoms with E-state index in [4.69, 9.17) is 5.14 Å². The second-order valence-electron chi connectivity index (χ2n) is 6.83. The van der Waals surface area contributed by atoms with Gasteiger partial charge in [-0.25, -0.2) is 26.4 Å². The number of nitrogens with two attached hydrogens (primary N) is 1. The number of sulfonamides is 2. The Hall–Kier alpha value is -3.28. The Morgan fingerprint density at radius 3 is 1.94 bits per heavy atom. The molecule has 0 aliphatic heterocycles. The van der Waals surface area contributed by atoms with E-state index >= 15 is 0 Å². The fourth-order valence-electron chi connectivity index (χ4n) is 2.79. The van der Waals surface area contributed by atoms with Crippen LogP contribution in [0.3, 0.4) is 0 Å². The Bertz CT molecular complexity index is 1310. The van der Waals surface area contributed by atoms with E-state index in [2.05, 4.69) is 10.0 Å². The summed E-state index contributed by atoms with van der Waals surface area (Å²) in [5, 5.41) is 7.79. The summed E-state index contributed by atoms with van der Waals surface area (Å²) in [6, 6.07) is 16.3. The largest absolute Gasteiger partial charge is 0.352 e. The van der Waals surface area contributed by atoms with Crippen molar-refractivity contribution < 1.29 is 26.0 Å². The topological polar surface area (TPSA) is 135 Å². The summed E-state index contributed by atoms with van der Waals surface area (Å²) < 4.78 is 62.5. The Morgan fingerprint density at radius 2 is 1.38 bits per heavy atom. The molecular weight excluding hydrogens is 457 g/mol. The summed E-state index contributed by atoms with van der Waals surface area (Å²) in [5.74, 6) is -0.890. The van der Waals surface area contributed by atoms with Gasteiger partial charge >= 0.3 is 0 Å². The average Bonchev–Trinajstić information content (AvgIpc) is 2.74. The van der Waals surface area contributed by atoms with Crippen LogP contribution in [0.25, 0.3) is 0 Å². The van der Waals surface area contributed by atoms with Gasteiger partial charge in [-0.05, 0) is 72.6 Å². The maximum absolute atomic E-state index is 13.0. The summed E-state index contributed by atoms with van der Waals surface area (Å²) in [5.41, 5.74) is 1.41. The number of primary sulfonamides is 1. The lowest BCUT2D eigenvalue weighted by molar-refractivity contribution is 0.0954. The van der Waals surface area contributed by atoms with Crippen LogP contribution in [0.1, 0.15) is 15.9 Å². The number of benzene rings is 3. The molecule has 0 atom stereocenters. The van der Waals surface area contributed by atoms with E-state index in [1.807, 2.05) is 0 Å².